The van der Waals surface area contributed by atoms with Gasteiger partial charge in [-0.25, -0.2) is 15.0 Å². The zero-order valence-corrected chi connectivity index (χ0v) is 30.8. The maximum Gasteiger partial charge on any atom is 0.164 e. The van der Waals surface area contributed by atoms with Gasteiger partial charge in [-0.3, -0.25) is 4.98 Å². The van der Waals surface area contributed by atoms with E-state index in [1.807, 2.05) is 24.4 Å². The van der Waals surface area contributed by atoms with E-state index in [-0.39, 0.29) is 0 Å². The van der Waals surface area contributed by atoms with E-state index in [0.717, 1.165) is 66.6 Å². The minimum Gasteiger partial charge on any atom is -0.309 e. The zero-order chi connectivity index (χ0) is 37.7. The molecule has 11 rings (SSSR count). The monoisotopic (exact) mass is 727 g/mol. The van der Waals surface area contributed by atoms with E-state index in [9.17, 15) is 0 Å². The van der Waals surface area contributed by atoms with Gasteiger partial charge in [0, 0.05) is 50.3 Å². The molecule has 0 aliphatic rings. The summed E-state index contributed by atoms with van der Waals surface area (Å²) in [7, 11) is 0. The Labute approximate surface area is 329 Å². The van der Waals surface area contributed by atoms with Gasteiger partial charge in [0.2, 0.25) is 0 Å². The molecule has 0 unspecified atom stereocenters. The van der Waals surface area contributed by atoms with E-state index < -0.39 is 0 Å². The van der Waals surface area contributed by atoms with Crippen LogP contribution >= 0.6 is 0 Å². The van der Waals surface area contributed by atoms with Gasteiger partial charge in [-0.15, -0.1) is 0 Å². The summed E-state index contributed by atoms with van der Waals surface area (Å²) >= 11 is 0. The summed E-state index contributed by atoms with van der Waals surface area (Å²) in [5.41, 5.74) is 10.3. The van der Waals surface area contributed by atoms with E-state index in [2.05, 4.69) is 185 Å². The van der Waals surface area contributed by atoms with Crippen molar-refractivity contribution in [2.75, 3.05) is 0 Å². The van der Waals surface area contributed by atoms with Crippen LogP contribution in [0.25, 0.3) is 106 Å². The summed E-state index contributed by atoms with van der Waals surface area (Å²) in [6, 6.07) is 68.0. The van der Waals surface area contributed by atoms with Gasteiger partial charge in [0.05, 0.1) is 16.7 Å². The standard InChI is InChI=1S/C52H33N5/c1-2-13-34(14-3-1)42-22-11-17-36-18-12-23-44(49(36)42)52-55-50(37-28-26-35(27-29-37)46-24-8-9-30-53-46)54-51(56-52)40-19-10-20-41(31-40)57-47-25-7-6-21-43(47)45-32-38-15-4-5-16-39(38)33-48(45)57/h1-33H. The number of nitrogens with zero attached hydrogens (tertiary/aromatic N) is 5. The van der Waals surface area contributed by atoms with Crippen LogP contribution in [0.1, 0.15) is 0 Å². The van der Waals surface area contributed by atoms with Crippen molar-refractivity contribution in [3.63, 3.8) is 0 Å². The maximum absolute atomic E-state index is 5.30. The molecule has 3 aromatic heterocycles. The first kappa shape index (κ1) is 32.7. The molecule has 0 saturated carbocycles. The lowest BCUT2D eigenvalue weighted by Gasteiger charge is -2.14. The Balaban J connectivity index is 1.12. The van der Waals surface area contributed by atoms with E-state index >= 15 is 0 Å². The molecule has 0 N–H and O–H groups in total. The van der Waals surface area contributed by atoms with Gasteiger partial charge in [-0.05, 0) is 69.8 Å². The smallest absolute Gasteiger partial charge is 0.164 e. The van der Waals surface area contributed by atoms with E-state index in [1.165, 1.54) is 21.5 Å². The predicted molar refractivity (Wildman–Crippen MR) is 234 cm³/mol. The largest absolute Gasteiger partial charge is 0.309 e. The Morgan fingerprint density at radius 1 is 0.351 bits per heavy atom. The van der Waals surface area contributed by atoms with Crippen molar-refractivity contribution in [2.45, 2.75) is 0 Å². The second-order valence-corrected chi connectivity index (χ2v) is 14.3. The zero-order valence-electron chi connectivity index (χ0n) is 30.8. The molecule has 266 valence electrons. The van der Waals surface area contributed by atoms with Crippen LogP contribution in [0.2, 0.25) is 0 Å². The molecule has 0 saturated heterocycles. The number of rotatable bonds is 6. The molecule has 0 atom stereocenters. The number of pyridine rings is 1. The van der Waals surface area contributed by atoms with Crippen LogP contribution in [0.4, 0.5) is 0 Å². The molecule has 0 fully saturated rings. The van der Waals surface area contributed by atoms with Crippen molar-refractivity contribution in [1.82, 2.24) is 24.5 Å². The van der Waals surface area contributed by atoms with E-state index in [0.29, 0.717) is 17.5 Å². The molecule has 5 heteroatoms. The Hall–Kier alpha value is -7.76. The predicted octanol–water partition coefficient (Wildman–Crippen LogP) is 13.0. The minimum atomic E-state index is 0.602. The molecule has 0 spiro atoms. The summed E-state index contributed by atoms with van der Waals surface area (Å²) in [6.45, 7) is 0. The first-order valence-electron chi connectivity index (χ1n) is 19.1. The molecule has 5 nitrogen and oxygen atoms in total. The third-order valence-electron chi connectivity index (χ3n) is 10.9. The highest BCUT2D eigenvalue weighted by Gasteiger charge is 2.19. The van der Waals surface area contributed by atoms with Crippen molar-refractivity contribution < 1.29 is 0 Å². The highest BCUT2D eigenvalue weighted by atomic mass is 15.0. The first-order chi connectivity index (χ1) is 28.2. The van der Waals surface area contributed by atoms with Crippen LogP contribution < -0.4 is 0 Å². The minimum absolute atomic E-state index is 0.602. The van der Waals surface area contributed by atoms with Crippen molar-refractivity contribution in [3.8, 4) is 62.2 Å². The number of hydrogen-bond donors (Lipinski definition) is 0. The third kappa shape index (κ3) is 5.72. The summed E-state index contributed by atoms with van der Waals surface area (Å²) in [4.78, 5) is 20.3. The number of benzene rings is 8. The molecule has 0 aliphatic heterocycles. The Morgan fingerprint density at radius 3 is 1.79 bits per heavy atom. The highest BCUT2D eigenvalue weighted by molar-refractivity contribution is 6.13. The van der Waals surface area contributed by atoms with Gasteiger partial charge < -0.3 is 4.57 Å². The Morgan fingerprint density at radius 2 is 0.982 bits per heavy atom. The number of hydrogen-bond acceptors (Lipinski definition) is 4. The Kier molecular flexibility index (Phi) is 7.74. The third-order valence-corrected chi connectivity index (χ3v) is 10.9. The quantitative estimate of drug-likeness (QED) is 0.171. The first-order valence-corrected chi connectivity index (χ1v) is 19.1. The second-order valence-electron chi connectivity index (χ2n) is 14.3. The van der Waals surface area contributed by atoms with Crippen molar-refractivity contribution in [1.29, 1.82) is 0 Å². The number of fused-ring (bicyclic) bond motifs is 5. The maximum atomic E-state index is 5.30. The number of aromatic nitrogens is 5. The molecule has 57 heavy (non-hydrogen) atoms. The lowest BCUT2D eigenvalue weighted by Crippen LogP contribution is -2.02. The van der Waals surface area contributed by atoms with Crippen molar-refractivity contribution >= 4 is 43.4 Å². The summed E-state index contributed by atoms with van der Waals surface area (Å²) < 4.78 is 2.36. The van der Waals surface area contributed by atoms with Gasteiger partial charge in [0.15, 0.2) is 17.5 Å². The fourth-order valence-corrected chi connectivity index (χ4v) is 8.18. The molecule has 0 bridgehead atoms. The molecule has 0 amide bonds. The second kappa shape index (κ2) is 13.5. The SMILES string of the molecule is c1ccc(-c2cccc3cccc(-c4nc(-c5ccc(-c6ccccn6)cc5)nc(-c5cccc(-n6c7ccccc7c7cc8ccccc8cc76)c5)n4)c23)cc1. The number of para-hydroxylation sites is 1. The van der Waals surface area contributed by atoms with E-state index in [4.69, 9.17) is 15.0 Å². The van der Waals surface area contributed by atoms with Gasteiger partial charge >= 0.3 is 0 Å². The molecule has 0 aliphatic carbocycles. The van der Waals surface area contributed by atoms with Crippen LogP contribution in [0.3, 0.4) is 0 Å². The lowest BCUT2D eigenvalue weighted by molar-refractivity contribution is 1.07. The molecule has 11 aromatic rings. The van der Waals surface area contributed by atoms with Crippen LogP contribution in [0.15, 0.2) is 200 Å². The van der Waals surface area contributed by atoms with Gasteiger partial charge in [-0.1, -0.05) is 152 Å². The summed E-state index contributed by atoms with van der Waals surface area (Å²) in [5, 5.41) is 7.09. The summed E-state index contributed by atoms with van der Waals surface area (Å²) in [6.07, 6.45) is 1.82. The fraction of sp³-hybridized carbons (Fsp3) is 0. The van der Waals surface area contributed by atoms with E-state index in [1.54, 1.807) is 0 Å². The van der Waals surface area contributed by atoms with Crippen molar-refractivity contribution in [3.05, 3.63) is 200 Å². The average Bonchev–Trinajstić information content (AvgIpc) is 3.61. The van der Waals surface area contributed by atoms with Crippen LogP contribution in [0.5, 0.6) is 0 Å². The van der Waals surface area contributed by atoms with Gasteiger partial charge in [0.1, 0.15) is 0 Å². The van der Waals surface area contributed by atoms with Crippen LogP contribution in [0, 0.1) is 0 Å². The molecular weight excluding hydrogens is 695 g/mol. The van der Waals surface area contributed by atoms with Gasteiger partial charge in [-0.2, -0.15) is 0 Å². The molecule has 3 heterocycles. The fourth-order valence-electron chi connectivity index (χ4n) is 8.18. The van der Waals surface area contributed by atoms with Gasteiger partial charge in [0.25, 0.3) is 0 Å². The van der Waals surface area contributed by atoms with Crippen LogP contribution in [-0.4, -0.2) is 24.5 Å². The molecule has 0 radical (unpaired) electrons. The van der Waals surface area contributed by atoms with Crippen molar-refractivity contribution in [2.24, 2.45) is 0 Å². The average molecular weight is 728 g/mol. The Bertz CT molecular complexity index is 3270. The lowest BCUT2D eigenvalue weighted by atomic mass is 9.94. The molecular formula is C52H33N5. The highest BCUT2D eigenvalue weighted by Crippen LogP contribution is 2.38. The summed E-state index contributed by atoms with van der Waals surface area (Å²) in [5.74, 6) is 1.82. The topological polar surface area (TPSA) is 56.5 Å². The normalized spacial score (nSPS) is 11.5. The van der Waals surface area contributed by atoms with Crippen LogP contribution in [-0.2, 0) is 0 Å². The molecule has 8 aromatic carbocycles.